The van der Waals surface area contributed by atoms with Gasteiger partial charge < -0.3 is 15.4 Å². The van der Waals surface area contributed by atoms with Crippen LogP contribution >= 0.6 is 11.6 Å². The molecule has 0 bridgehead atoms. The Hall–Kier alpha value is -3.64. The molecule has 2 aliphatic rings. The first-order chi connectivity index (χ1) is 22.0. The molecule has 2 fully saturated rings. The molecular weight excluding hydrogens is 634 g/mol. The van der Waals surface area contributed by atoms with Crippen molar-refractivity contribution in [3.63, 3.8) is 0 Å². The van der Waals surface area contributed by atoms with Crippen molar-refractivity contribution in [1.82, 2.24) is 14.6 Å². The number of carbonyl (C=O) groups excluding carboxylic acids is 1. The second-order valence-corrected chi connectivity index (χ2v) is 14.1. The monoisotopic (exact) mass is 668 g/mol. The van der Waals surface area contributed by atoms with E-state index in [0.717, 1.165) is 37.1 Å². The number of pyridine rings is 1. The van der Waals surface area contributed by atoms with E-state index in [1.807, 2.05) is 6.07 Å². The minimum atomic E-state index is -4.59. The van der Waals surface area contributed by atoms with Crippen molar-refractivity contribution in [2.45, 2.75) is 67.5 Å². The lowest BCUT2D eigenvalue weighted by molar-refractivity contribution is -0.145. The van der Waals surface area contributed by atoms with E-state index >= 15 is 8.78 Å². The van der Waals surface area contributed by atoms with Gasteiger partial charge in [0.05, 0.1) is 11.0 Å². The summed E-state index contributed by atoms with van der Waals surface area (Å²) >= 11 is 5.96. The van der Waals surface area contributed by atoms with Gasteiger partial charge in [0.25, 0.3) is 0 Å². The molecule has 1 aliphatic heterocycles. The van der Waals surface area contributed by atoms with Crippen LogP contribution in [-0.2, 0) is 20.7 Å². The van der Waals surface area contributed by atoms with E-state index in [-0.39, 0.29) is 30.1 Å². The standard InChI is InChI=1S/C34H35ClF2N4O4S/c35-26-10-5-22(6-11-26)25-9-14-31(39-21-25)34(36,37)32(33(42)41-17-15-27(38)16-18-41)40-46(43,44)30-13-8-23-19-29(12-7-24(23)20-30)45-28-3-1-2-4-28/h5-14,19-21,27-28,32,40H,1-4,15-18,38H2. The molecule has 1 unspecified atom stereocenters. The van der Waals surface area contributed by atoms with Crippen LogP contribution in [-0.4, -0.2) is 55.5 Å². The maximum atomic E-state index is 16.3. The molecule has 1 aliphatic carbocycles. The Morgan fingerprint density at radius 2 is 1.59 bits per heavy atom. The molecule has 6 rings (SSSR count). The van der Waals surface area contributed by atoms with Crippen LogP contribution in [0, 0.1) is 0 Å². The summed E-state index contributed by atoms with van der Waals surface area (Å²) in [7, 11) is -4.59. The fourth-order valence-corrected chi connectivity index (χ4v) is 7.35. The van der Waals surface area contributed by atoms with Gasteiger partial charge in [0.2, 0.25) is 15.9 Å². The molecular formula is C34H35ClF2N4O4S. The predicted molar refractivity (Wildman–Crippen MR) is 173 cm³/mol. The predicted octanol–water partition coefficient (Wildman–Crippen LogP) is 6.27. The first kappa shape index (κ1) is 32.3. The van der Waals surface area contributed by atoms with E-state index in [2.05, 4.69) is 9.71 Å². The maximum absolute atomic E-state index is 16.3. The maximum Gasteiger partial charge on any atom is 0.314 e. The van der Waals surface area contributed by atoms with Crippen LogP contribution in [0.1, 0.15) is 44.2 Å². The SMILES string of the molecule is NC1CCN(C(=O)C(NS(=O)(=O)c2ccc3cc(OC4CCCC4)ccc3c2)C(F)(F)c2ccc(-c3ccc(Cl)cc3)cn2)CC1. The fourth-order valence-electron chi connectivity index (χ4n) is 6.00. The minimum Gasteiger partial charge on any atom is -0.490 e. The minimum absolute atomic E-state index is 0.137. The zero-order chi connectivity index (χ0) is 32.5. The molecule has 1 saturated heterocycles. The summed E-state index contributed by atoms with van der Waals surface area (Å²) in [5.74, 6) is -4.35. The lowest BCUT2D eigenvalue weighted by atomic mass is 10.0. The molecule has 4 aromatic rings. The molecule has 0 radical (unpaired) electrons. The van der Waals surface area contributed by atoms with Crippen LogP contribution in [0.15, 0.2) is 83.9 Å². The smallest absolute Gasteiger partial charge is 0.314 e. The number of nitrogens with zero attached hydrogens (tertiary/aromatic N) is 2. The number of nitrogens with two attached hydrogens (primary N) is 1. The van der Waals surface area contributed by atoms with E-state index < -0.39 is 33.6 Å². The van der Waals surface area contributed by atoms with Gasteiger partial charge in [-0.3, -0.25) is 9.78 Å². The van der Waals surface area contributed by atoms with Gasteiger partial charge in [-0.05, 0) is 97.3 Å². The molecule has 8 nitrogen and oxygen atoms in total. The molecule has 1 atom stereocenters. The summed E-state index contributed by atoms with van der Waals surface area (Å²) < 4.78 is 68.1. The summed E-state index contributed by atoms with van der Waals surface area (Å²) in [4.78, 5) is 18.6. The highest BCUT2D eigenvalue weighted by Crippen LogP contribution is 2.35. The number of carbonyl (C=O) groups is 1. The number of nitrogens with one attached hydrogen (secondary N) is 1. The Kier molecular flexibility index (Phi) is 9.29. The van der Waals surface area contributed by atoms with Crippen LogP contribution in [0.2, 0.25) is 5.02 Å². The van der Waals surface area contributed by atoms with Crippen LogP contribution in [0.25, 0.3) is 21.9 Å². The lowest BCUT2D eigenvalue weighted by Crippen LogP contribution is -2.58. The van der Waals surface area contributed by atoms with Crippen LogP contribution in [0.3, 0.4) is 0 Å². The van der Waals surface area contributed by atoms with Gasteiger partial charge in [-0.25, -0.2) is 8.42 Å². The summed E-state index contributed by atoms with van der Waals surface area (Å²) in [6.07, 6.45) is 6.52. The van der Waals surface area contributed by atoms with Gasteiger partial charge in [0.15, 0.2) is 6.04 Å². The van der Waals surface area contributed by atoms with Gasteiger partial charge in [0, 0.05) is 35.9 Å². The van der Waals surface area contributed by atoms with Crippen molar-refractivity contribution in [2.75, 3.05) is 13.1 Å². The van der Waals surface area contributed by atoms with Crippen molar-refractivity contribution < 1.29 is 26.7 Å². The van der Waals surface area contributed by atoms with Crippen LogP contribution in [0.4, 0.5) is 8.78 Å². The van der Waals surface area contributed by atoms with Gasteiger partial charge in [-0.15, -0.1) is 0 Å². The number of hydrogen-bond donors (Lipinski definition) is 2. The second kappa shape index (κ2) is 13.2. The number of fused-ring (bicyclic) bond motifs is 1. The molecule has 1 aromatic heterocycles. The molecule has 0 spiro atoms. The van der Waals surface area contributed by atoms with E-state index in [1.165, 1.54) is 29.3 Å². The van der Waals surface area contributed by atoms with Crippen molar-refractivity contribution in [1.29, 1.82) is 0 Å². The third kappa shape index (κ3) is 7.02. The molecule has 1 amide bonds. The molecule has 242 valence electrons. The quantitative estimate of drug-likeness (QED) is 0.218. The first-order valence-corrected chi connectivity index (χ1v) is 17.2. The first-order valence-electron chi connectivity index (χ1n) is 15.4. The number of benzene rings is 3. The summed E-state index contributed by atoms with van der Waals surface area (Å²) in [5.41, 5.74) is 6.49. The van der Waals surface area contributed by atoms with Crippen molar-refractivity contribution in [3.8, 4) is 16.9 Å². The Morgan fingerprint density at radius 1 is 0.935 bits per heavy atom. The molecule has 3 N–H and O–H groups in total. The highest BCUT2D eigenvalue weighted by atomic mass is 35.5. The average molecular weight is 669 g/mol. The molecule has 12 heteroatoms. The topological polar surface area (TPSA) is 115 Å². The number of aromatic nitrogens is 1. The van der Waals surface area contributed by atoms with E-state index in [0.29, 0.717) is 40.1 Å². The number of amides is 1. The third-order valence-electron chi connectivity index (χ3n) is 8.71. The van der Waals surface area contributed by atoms with E-state index in [9.17, 15) is 13.2 Å². The van der Waals surface area contributed by atoms with Gasteiger partial charge >= 0.3 is 5.92 Å². The number of likely N-dealkylation sites (tertiary alicyclic amines) is 1. The number of sulfonamides is 1. The van der Waals surface area contributed by atoms with Crippen LogP contribution < -0.4 is 15.2 Å². The lowest BCUT2D eigenvalue weighted by Gasteiger charge is -2.35. The summed E-state index contributed by atoms with van der Waals surface area (Å²) in [6, 6.07) is 16.4. The summed E-state index contributed by atoms with van der Waals surface area (Å²) in [6.45, 7) is 0.275. The van der Waals surface area contributed by atoms with E-state index in [1.54, 1.807) is 42.5 Å². The van der Waals surface area contributed by atoms with E-state index in [4.69, 9.17) is 22.1 Å². The number of halogens is 3. The molecule has 46 heavy (non-hydrogen) atoms. The fraction of sp³-hybridized carbons (Fsp3) is 0.353. The van der Waals surface area contributed by atoms with Gasteiger partial charge in [-0.1, -0.05) is 41.9 Å². The third-order valence-corrected chi connectivity index (χ3v) is 10.4. The Morgan fingerprint density at radius 3 is 2.26 bits per heavy atom. The Bertz CT molecular complexity index is 1810. The number of piperidine rings is 1. The Balaban J connectivity index is 1.29. The van der Waals surface area contributed by atoms with Gasteiger partial charge in [-0.2, -0.15) is 13.5 Å². The Labute approximate surface area is 271 Å². The molecule has 1 saturated carbocycles. The highest BCUT2D eigenvalue weighted by Gasteiger charge is 2.51. The number of alkyl halides is 2. The molecule has 2 heterocycles. The van der Waals surface area contributed by atoms with Crippen molar-refractivity contribution >= 4 is 38.3 Å². The van der Waals surface area contributed by atoms with Crippen molar-refractivity contribution in [2.24, 2.45) is 5.73 Å². The number of rotatable bonds is 9. The zero-order valence-corrected chi connectivity index (χ0v) is 26.6. The van der Waals surface area contributed by atoms with Crippen molar-refractivity contribution in [3.05, 3.63) is 89.7 Å². The summed E-state index contributed by atoms with van der Waals surface area (Å²) in [5, 5.41) is 1.85. The highest BCUT2D eigenvalue weighted by molar-refractivity contribution is 7.89. The zero-order valence-electron chi connectivity index (χ0n) is 25.0. The average Bonchev–Trinajstić information content (AvgIpc) is 3.57. The normalized spacial score (nSPS) is 17.3. The largest absolute Gasteiger partial charge is 0.490 e. The van der Waals surface area contributed by atoms with Gasteiger partial charge in [0.1, 0.15) is 11.4 Å². The second-order valence-electron chi connectivity index (χ2n) is 12.0. The number of hydrogen-bond acceptors (Lipinski definition) is 6. The molecule has 3 aromatic carbocycles. The number of ether oxygens (including phenoxy) is 1. The van der Waals surface area contributed by atoms with Crippen LogP contribution in [0.5, 0.6) is 5.75 Å².